The number of nitrogens with zero attached hydrogens (tertiary/aromatic N) is 4. The molecule has 0 aliphatic carbocycles. The van der Waals surface area contributed by atoms with Crippen molar-refractivity contribution < 1.29 is 23.9 Å². The molecular weight excluding hydrogens is 436 g/mol. The Morgan fingerprint density at radius 2 is 1.53 bits per heavy atom. The lowest BCUT2D eigenvalue weighted by molar-refractivity contribution is -0.152. The summed E-state index contributed by atoms with van der Waals surface area (Å²) in [6.07, 6.45) is 5.33. The number of rotatable bonds is 6. The Labute approximate surface area is 199 Å². The number of likely N-dealkylation sites (tertiary alicyclic amines) is 1. The zero-order chi connectivity index (χ0) is 23.9. The maximum absolute atomic E-state index is 13.1. The van der Waals surface area contributed by atoms with E-state index in [1.807, 2.05) is 19.1 Å². The van der Waals surface area contributed by atoms with Crippen LogP contribution in [-0.2, 0) is 16.2 Å². The van der Waals surface area contributed by atoms with Gasteiger partial charge in [0.1, 0.15) is 6.61 Å². The number of carbonyl (C=O) groups is 3. The van der Waals surface area contributed by atoms with E-state index >= 15 is 0 Å². The number of hydrogen-bond donors (Lipinski definition) is 0. The van der Waals surface area contributed by atoms with Gasteiger partial charge in [-0.05, 0) is 44.0 Å². The molecule has 3 heterocycles. The van der Waals surface area contributed by atoms with Gasteiger partial charge in [-0.3, -0.25) is 19.4 Å². The summed E-state index contributed by atoms with van der Waals surface area (Å²) in [4.78, 5) is 47.0. The summed E-state index contributed by atoms with van der Waals surface area (Å²) in [6, 6.07) is 8.92. The fourth-order valence-electron chi connectivity index (χ4n) is 4.16. The van der Waals surface area contributed by atoms with Crippen molar-refractivity contribution >= 4 is 17.7 Å². The lowest BCUT2D eigenvalue weighted by Gasteiger charge is -2.35. The minimum absolute atomic E-state index is 0.141. The average molecular weight is 467 g/mol. The zero-order valence-electron chi connectivity index (χ0n) is 19.4. The quantitative estimate of drug-likeness (QED) is 0.605. The molecule has 0 bridgehead atoms. The molecule has 0 N–H and O–H groups in total. The molecule has 34 heavy (non-hydrogen) atoms. The third kappa shape index (κ3) is 5.47. The highest BCUT2D eigenvalue weighted by Crippen LogP contribution is 2.30. The van der Waals surface area contributed by atoms with Crippen LogP contribution in [0.5, 0.6) is 11.5 Å². The number of amides is 3. The van der Waals surface area contributed by atoms with E-state index in [4.69, 9.17) is 9.47 Å². The predicted molar refractivity (Wildman–Crippen MR) is 124 cm³/mol. The van der Waals surface area contributed by atoms with Crippen molar-refractivity contribution in [3.8, 4) is 11.5 Å². The number of benzene rings is 1. The lowest BCUT2D eigenvalue weighted by atomic mass is 10.1. The van der Waals surface area contributed by atoms with Crippen molar-refractivity contribution in [2.75, 3.05) is 45.9 Å². The predicted octanol–water partition coefficient (Wildman–Crippen LogP) is 1.97. The van der Waals surface area contributed by atoms with Gasteiger partial charge in [0.05, 0.1) is 6.61 Å². The van der Waals surface area contributed by atoms with Crippen molar-refractivity contribution in [1.82, 2.24) is 19.7 Å². The van der Waals surface area contributed by atoms with E-state index in [1.165, 1.54) is 0 Å². The van der Waals surface area contributed by atoms with Crippen LogP contribution in [-0.4, -0.2) is 83.3 Å². The topological polar surface area (TPSA) is 92.3 Å². The van der Waals surface area contributed by atoms with Crippen LogP contribution >= 0.6 is 0 Å². The molecule has 3 amide bonds. The minimum Gasteiger partial charge on any atom is -0.490 e. The monoisotopic (exact) mass is 466 g/mol. The first-order valence-electron chi connectivity index (χ1n) is 11.7. The van der Waals surface area contributed by atoms with E-state index in [0.29, 0.717) is 69.5 Å². The second-order valence-corrected chi connectivity index (χ2v) is 8.33. The Bertz CT molecular complexity index is 1020. The Hall–Kier alpha value is -3.62. The maximum Gasteiger partial charge on any atom is 0.312 e. The van der Waals surface area contributed by atoms with Gasteiger partial charge in [0.15, 0.2) is 11.5 Å². The largest absolute Gasteiger partial charge is 0.490 e. The number of aromatic nitrogens is 1. The highest BCUT2D eigenvalue weighted by molar-refractivity contribution is 6.35. The van der Waals surface area contributed by atoms with E-state index < -0.39 is 11.8 Å². The van der Waals surface area contributed by atoms with Crippen molar-refractivity contribution in [2.45, 2.75) is 26.4 Å². The van der Waals surface area contributed by atoms with E-state index in [-0.39, 0.29) is 5.91 Å². The van der Waals surface area contributed by atoms with Crippen molar-refractivity contribution in [3.05, 3.63) is 53.9 Å². The van der Waals surface area contributed by atoms with Crippen LogP contribution in [0.3, 0.4) is 0 Å². The minimum atomic E-state index is -0.470. The molecule has 0 spiro atoms. The van der Waals surface area contributed by atoms with Crippen molar-refractivity contribution in [1.29, 1.82) is 0 Å². The highest BCUT2D eigenvalue weighted by atomic mass is 16.5. The van der Waals surface area contributed by atoms with Gasteiger partial charge >= 0.3 is 11.8 Å². The van der Waals surface area contributed by atoms with Crippen LogP contribution in [0, 0.1) is 0 Å². The number of ether oxygens (including phenoxy) is 2. The third-order valence-corrected chi connectivity index (χ3v) is 6.04. The number of pyridine rings is 1. The maximum atomic E-state index is 13.1. The van der Waals surface area contributed by atoms with E-state index in [2.05, 4.69) is 4.98 Å². The Morgan fingerprint density at radius 1 is 0.853 bits per heavy atom. The fourth-order valence-corrected chi connectivity index (χ4v) is 4.16. The average Bonchev–Trinajstić information content (AvgIpc) is 3.43. The second-order valence-electron chi connectivity index (χ2n) is 8.33. The van der Waals surface area contributed by atoms with Gasteiger partial charge in [-0.2, -0.15) is 0 Å². The van der Waals surface area contributed by atoms with Gasteiger partial charge in [0.25, 0.3) is 5.91 Å². The summed E-state index contributed by atoms with van der Waals surface area (Å²) in [6.45, 7) is 5.38. The van der Waals surface area contributed by atoms with E-state index in [1.54, 1.807) is 45.3 Å². The summed E-state index contributed by atoms with van der Waals surface area (Å²) in [5, 5.41) is 0. The molecule has 9 nitrogen and oxygen atoms in total. The molecule has 2 fully saturated rings. The number of carbonyl (C=O) groups excluding carboxylic acids is 3. The van der Waals surface area contributed by atoms with E-state index in [0.717, 1.165) is 18.4 Å². The van der Waals surface area contributed by atoms with E-state index in [9.17, 15) is 14.4 Å². The molecule has 2 aromatic rings. The number of hydrogen-bond acceptors (Lipinski definition) is 6. The van der Waals surface area contributed by atoms with Gasteiger partial charge in [-0.25, -0.2) is 0 Å². The summed E-state index contributed by atoms with van der Waals surface area (Å²) >= 11 is 0. The van der Waals surface area contributed by atoms with Gasteiger partial charge in [-0.15, -0.1) is 0 Å². The molecule has 2 aliphatic heterocycles. The molecule has 0 atom stereocenters. The molecule has 4 rings (SSSR count). The highest BCUT2D eigenvalue weighted by Gasteiger charge is 2.32. The van der Waals surface area contributed by atoms with Crippen LogP contribution in [0.2, 0.25) is 0 Å². The molecule has 1 aromatic carbocycles. The number of piperazine rings is 1. The van der Waals surface area contributed by atoms with Gasteiger partial charge in [0.2, 0.25) is 0 Å². The second kappa shape index (κ2) is 11.0. The smallest absolute Gasteiger partial charge is 0.312 e. The van der Waals surface area contributed by atoms with Crippen LogP contribution in [0.15, 0.2) is 42.7 Å². The fraction of sp³-hybridized carbons (Fsp3) is 0.440. The van der Waals surface area contributed by atoms with Gasteiger partial charge in [-0.1, -0.05) is 6.07 Å². The first-order valence-corrected chi connectivity index (χ1v) is 11.7. The lowest BCUT2D eigenvalue weighted by Crippen LogP contribution is -2.54. The zero-order valence-corrected chi connectivity index (χ0v) is 19.4. The first kappa shape index (κ1) is 23.5. The van der Waals surface area contributed by atoms with Crippen molar-refractivity contribution in [2.24, 2.45) is 0 Å². The molecule has 2 saturated heterocycles. The molecule has 0 unspecified atom stereocenters. The normalized spacial score (nSPS) is 15.9. The molecule has 9 heteroatoms. The van der Waals surface area contributed by atoms with Crippen LogP contribution < -0.4 is 9.47 Å². The molecule has 0 saturated carbocycles. The molecule has 1 aromatic heterocycles. The third-order valence-electron chi connectivity index (χ3n) is 6.04. The summed E-state index contributed by atoms with van der Waals surface area (Å²) < 4.78 is 11.6. The standard InChI is InChI=1S/C25H30N4O5/c1-2-33-22-16-20(7-8-21(22)34-18-19-6-5-9-26-17-19)23(30)28-12-14-29(15-13-28)25(32)24(31)27-10-3-4-11-27/h5-9,16-17H,2-4,10-15,18H2,1H3. The summed E-state index contributed by atoms with van der Waals surface area (Å²) in [5.74, 6) is 0.0151. The summed E-state index contributed by atoms with van der Waals surface area (Å²) in [7, 11) is 0. The molecule has 2 aliphatic rings. The SMILES string of the molecule is CCOc1cc(C(=O)N2CCN(C(=O)C(=O)N3CCCC3)CC2)ccc1OCc1cccnc1. The van der Waals surface area contributed by atoms with Crippen molar-refractivity contribution in [3.63, 3.8) is 0 Å². The summed E-state index contributed by atoms with van der Waals surface area (Å²) in [5.41, 5.74) is 1.42. The Balaban J connectivity index is 1.36. The van der Waals surface area contributed by atoms with Crippen LogP contribution in [0.25, 0.3) is 0 Å². The van der Waals surface area contributed by atoms with Crippen LogP contribution in [0.4, 0.5) is 0 Å². The van der Waals surface area contributed by atoms with Gasteiger partial charge < -0.3 is 24.2 Å². The molecule has 0 radical (unpaired) electrons. The Kier molecular flexibility index (Phi) is 7.61. The molecule has 180 valence electrons. The molecular formula is C25H30N4O5. The van der Waals surface area contributed by atoms with Crippen LogP contribution in [0.1, 0.15) is 35.7 Å². The van der Waals surface area contributed by atoms with Gasteiger partial charge in [0, 0.05) is 62.8 Å². The Morgan fingerprint density at radius 3 is 2.18 bits per heavy atom. The first-order chi connectivity index (χ1) is 16.6.